The molecule has 19 heteroatoms. The third-order valence-electron chi connectivity index (χ3n) is 5.76. The number of sulfonamides is 1. The summed E-state index contributed by atoms with van der Waals surface area (Å²) in [6.07, 6.45) is -8.87. The van der Waals surface area contributed by atoms with Crippen molar-refractivity contribution in [1.82, 2.24) is 23.9 Å². The van der Waals surface area contributed by atoms with E-state index in [9.17, 15) is 49.8 Å². The molecule has 0 saturated carbocycles. The quantitative estimate of drug-likeness (QED) is 0.236. The highest BCUT2D eigenvalue weighted by Gasteiger charge is 2.37. The van der Waals surface area contributed by atoms with Gasteiger partial charge in [-0.1, -0.05) is 23.5 Å². The summed E-state index contributed by atoms with van der Waals surface area (Å²) in [6, 6.07) is 3.81. The molecule has 0 radical (unpaired) electrons. The van der Waals surface area contributed by atoms with E-state index in [1.165, 1.54) is 6.92 Å². The summed E-state index contributed by atoms with van der Waals surface area (Å²) in [5.41, 5.74) is -3.92. The predicted molar refractivity (Wildman–Crippen MR) is 136 cm³/mol. The van der Waals surface area contributed by atoms with Crippen LogP contribution in [0.4, 0.5) is 31.5 Å². The van der Waals surface area contributed by atoms with Crippen LogP contribution in [-0.4, -0.2) is 74.7 Å². The fraction of sp³-hybridized carbons (Fsp3) is 0.304. The molecule has 0 unspecified atom stereocenters. The van der Waals surface area contributed by atoms with Crippen molar-refractivity contribution in [3.63, 3.8) is 0 Å². The van der Waals surface area contributed by atoms with Gasteiger partial charge in [0.05, 0.1) is 36.4 Å². The van der Waals surface area contributed by atoms with E-state index in [0.717, 1.165) is 22.6 Å². The first kappa shape index (κ1) is 31.3. The molecule has 3 aromatic heterocycles. The highest BCUT2D eigenvalue weighted by Crippen LogP contribution is 2.35. The highest BCUT2D eigenvalue weighted by atomic mass is 32.2. The maximum Gasteiger partial charge on any atom is 0.433 e. The van der Waals surface area contributed by atoms with Gasteiger partial charge >= 0.3 is 12.4 Å². The Bertz CT molecular complexity index is 1710. The molecule has 0 saturated heterocycles. The van der Waals surface area contributed by atoms with Gasteiger partial charge in [-0.05, 0) is 25.1 Å². The molecule has 4 aromatic rings. The first-order chi connectivity index (χ1) is 19.6. The average Bonchev–Trinajstić information content (AvgIpc) is 3.50. The van der Waals surface area contributed by atoms with Crippen LogP contribution in [0.5, 0.6) is 0 Å². The molecule has 226 valence electrons. The number of aliphatic hydroxyl groups excluding tert-OH is 2. The molecule has 3 heterocycles. The third-order valence-corrected chi connectivity index (χ3v) is 9.32. The van der Waals surface area contributed by atoms with E-state index in [1.54, 1.807) is 0 Å². The zero-order chi connectivity index (χ0) is 31.0. The van der Waals surface area contributed by atoms with Crippen molar-refractivity contribution in [2.24, 2.45) is 0 Å². The lowest BCUT2D eigenvalue weighted by atomic mass is 10.1. The van der Waals surface area contributed by atoms with Gasteiger partial charge in [-0.15, -0.1) is 0 Å². The minimum absolute atomic E-state index is 0.0295. The van der Waals surface area contributed by atoms with E-state index in [1.807, 2.05) is 0 Å². The van der Waals surface area contributed by atoms with Crippen LogP contribution in [0.2, 0.25) is 0 Å². The number of aromatic nitrogens is 4. The molecule has 0 spiro atoms. The third kappa shape index (κ3) is 6.24. The van der Waals surface area contributed by atoms with Gasteiger partial charge in [0, 0.05) is 18.7 Å². The minimum Gasteiger partial charge on any atom is -0.395 e. The van der Waals surface area contributed by atoms with Gasteiger partial charge in [0.15, 0.2) is 20.7 Å². The van der Waals surface area contributed by atoms with Crippen molar-refractivity contribution in [2.45, 2.75) is 23.5 Å². The zero-order valence-electron chi connectivity index (χ0n) is 21.2. The molecule has 1 aromatic carbocycles. The van der Waals surface area contributed by atoms with Gasteiger partial charge in [-0.25, -0.2) is 22.9 Å². The maximum absolute atomic E-state index is 13.9. The summed E-state index contributed by atoms with van der Waals surface area (Å²) in [6.45, 7) is -0.372. The Morgan fingerprint density at radius 1 is 1.02 bits per heavy atom. The van der Waals surface area contributed by atoms with Gasteiger partial charge in [0.1, 0.15) is 5.56 Å². The largest absolute Gasteiger partial charge is 0.433 e. The highest BCUT2D eigenvalue weighted by molar-refractivity contribution is 7.91. The van der Waals surface area contributed by atoms with E-state index < -0.39 is 64.0 Å². The van der Waals surface area contributed by atoms with E-state index >= 15 is 0 Å². The first-order valence-electron chi connectivity index (χ1n) is 11.7. The van der Waals surface area contributed by atoms with Crippen LogP contribution < -0.4 is 5.32 Å². The number of carbonyl (C=O) groups excluding carboxylic acids is 1. The van der Waals surface area contributed by atoms with Crippen LogP contribution in [0.25, 0.3) is 16.9 Å². The molecule has 0 aliphatic carbocycles. The number of rotatable bonds is 9. The number of amides is 1. The normalized spacial score (nSPS) is 12.8. The molecule has 0 bridgehead atoms. The Balaban J connectivity index is 1.73. The molecule has 0 aliphatic rings. The van der Waals surface area contributed by atoms with Crippen LogP contribution in [0.15, 0.2) is 40.7 Å². The van der Waals surface area contributed by atoms with Crippen molar-refractivity contribution >= 4 is 38.0 Å². The number of hydrogen-bond acceptors (Lipinski definition) is 9. The SMILES string of the molecule is Cc1nc(NC(=O)c2cnn3c(C(F)(F)F)cc(-c4ccc(C(F)(F)F)cc4)nc23)sc1S(=O)(=O)N(CCO)CCO. The molecule has 1 amide bonds. The Morgan fingerprint density at radius 2 is 1.64 bits per heavy atom. The molecule has 42 heavy (non-hydrogen) atoms. The smallest absolute Gasteiger partial charge is 0.395 e. The van der Waals surface area contributed by atoms with Gasteiger partial charge in [-0.3, -0.25) is 10.1 Å². The Morgan fingerprint density at radius 3 is 2.19 bits per heavy atom. The second-order valence-corrected chi connectivity index (χ2v) is 11.7. The number of aliphatic hydroxyl groups is 2. The Labute approximate surface area is 237 Å². The van der Waals surface area contributed by atoms with Crippen molar-refractivity contribution in [3.8, 4) is 11.3 Å². The number of nitrogens with zero attached hydrogens (tertiary/aromatic N) is 5. The average molecular weight is 639 g/mol. The standard InChI is InChI=1S/C23H20F6N6O5S2/c1-12-20(42(39,40)34(6-8-36)7-9-37)41-21(31-12)33-19(38)15-11-30-35-17(23(27,28)29)10-16(32-18(15)35)13-2-4-14(5-3-13)22(24,25)26/h2-5,10-11,36-37H,6-9H2,1H3,(H,31,33,38). The number of fused-ring (bicyclic) bond motifs is 1. The molecule has 11 nitrogen and oxygen atoms in total. The molecular formula is C23H20F6N6O5S2. The van der Waals surface area contributed by atoms with Crippen molar-refractivity contribution in [1.29, 1.82) is 0 Å². The zero-order valence-corrected chi connectivity index (χ0v) is 22.9. The van der Waals surface area contributed by atoms with Crippen LogP contribution in [-0.2, 0) is 22.4 Å². The van der Waals surface area contributed by atoms with Crippen LogP contribution in [0.3, 0.4) is 0 Å². The number of alkyl halides is 6. The summed E-state index contributed by atoms with van der Waals surface area (Å²) in [5, 5.41) is 24.0. The number of benzene rings is 1. The van der Waals surface area contributed by atoms with Gasteiger partial charge < -0.3 is 10.2 Å². The molecule has 0 fully saturated rings. The molecule has 4 rings (SSSR count). The van der Waals surface area contributed by atoms with Crippen LogP contribution in [0, 0.1) is 6.92 Å². The number of thiazole rings is 1. The second-order valence-electron chi connectivity index (χ2n) is 8.59. The number of halogens is 6. The van der Waals surface area contributed by atoms with Gasteiger partial charge in [0.2, 0.25) is 0 Å². The summed E-state index contributed by atoms with van der Waals surface area (Å²) in [5.74, 6) is -1.05. The fourth-order valence-corrected chi connectivity index (χ4v) is 6.80. The van der Waals surface area contributed by atoms with E-state index in [-0.39, 0.29) is 39.4 Å². The van der Waals surface area contributed by atoms with Crippen molar-refractivity contribution in [2.75, 3.05) is 31.6 Å². The van der Waals surface area contributed by atoms with E-state index in [0.29, 0.717) is 34.1 Å². The lowest BCUT2D eigenvalue weighted by Gasteiger charge is -2.19. The lowest BCUT2D eigenvalue weighted by Crippen LogP contribution is -2.35. The Hall–Kier alpha value is -3.65. The van der Waals surface area contributed by atoms with Gasteiger partial charge in [0.25, 0.3) is 15.9 Å². The number of aryl methyl sites for hydroxylation is 1. The van der Waals surface area contributed by atoms with E-state index in [4.69, 9.17) is 0 Å². The number of hydrogen-bond donors (Lipinski definition) is 3. The summed E-state index contributed by atoms with van der Waals surface area (Å²) < 4.78 is 107. The summed E-state index contributed by atoms with van der Waals surface area (Å²) in [7, 11) is -4.24. The predicted octanol–water partition coefficient (Wildman–Crippen LogP) is 3.43. The number of nitrogens with one attached hydrogen (secondary N) is 1. The second kappa shape index (κ2) is 11.6. The molecule has 0 atom stereocenters. The lowest BCUT2D eigenvalue weighted by molar-refractivity contribution is -0.142. The number of anilines is 1. The fourth-order valence-electron chi connectivity index (χ4n) is 3.83. The topological polar surface area (TPSA) is 150 Å². The first-order valence-corrected chi connectivity index (χ1v) is 14.0. The summed E-state index contributed by atoms with van der Waals surface area (Å²) in [4.78, 5) is 21.1. The monoisotopic (exact) mass is 638 g/mol. The minimum atomic E-state index is -4.99. The van der Waals surface area contributed by atoms with Crippen LogP contribution in [0.1, 0.15) is 27.3 Å². The number of carbonyl (C=O) groups is 1. The summed E-state index contributed by atoms with van der Waals surface area (Å²) >= 11 is 0.533. The molecule has 0 aliphatic heterocycles. The molecular weight excluding hydrogens is 618 g/mol. The van der Waals surface area contributed by atoms with Crippen LogP contribution >= 0.6 is 11.3 Å². The van der Waals surface area contributed by atoms with E-state index in [2.05, 4.69) is 20.4 Å². The van der Waals surface area contributed by atoms with Crippen molar-refractivity contribution < 1.29 is 49.8 Å². The maximum atomic E-state index is 13.9. The molecule has 3 N–H and O–H groups in total. The van der Waals surface area contributed by atoms with Crippen molar-refractivity contribution in [3.05, 3.63) is 59.0 Å². The Kier molecular flexibility index (Phi) is 8.61. The van der Waals surface area contributed by atoms with Gasteiger partial charge in [-0.2, -0.15) is 35.7 Å².